The van der Waals surface area contributed by atoms with Crippen LogP contribution in [0.1, 0.15) is 72.1 Å². The van der Waals surface area contributed by atoms with E-state index in [9.17, 15) is 4.79 Å². The van der Waals surface area contributed by atoms with Gasteiger partial charge in [0.15, 0.2) is 0 Å². The molecule has 0 heterocycles. The highest BCUT2D eigenvalue weighted by atomic mass is 16.5. The quantitative estimate of drug-likeness (QED) is 0.411. The SMILES string of the molecule is CCCCCCCC(CCC)COC(C)=O. The number of carbonyl (C=O) groups is 1. The van der Waals surface area contributed by atoms with Gasteiger partial charge >= 0.3 is 5.97 Å². The normalized spacial score (nSPS) is 12.4. The molecular formula is C14H28O2. The Morgan fingerprint density at radius 3 is 2.25 bits per heavy atom. The third-order valence-electron chi connectivity index (χ3n) is 2.94. The van der Waals surface area contributed by atoms with E-state index < -0.39 is 0 Å². The number of ether oxygens (including phenoxy) is 1. The lowest BCUT2D eigenvalue weighted by atomic mass is 9.97. The fraction of sp³-hybridized carbons (Fsp3) is 0.929. The Kier molecular flexibility index (Phi) is 10.6. The van der Waals surface area contributed by atoms with Crippen molar-refractivity contribution in [2.24, 2.45) is 5.92 Å². The molecule has 0 aliphatic carbocycles. The van der Waals surface area contributed by atoms with Crippen LogP contribution in [0.15, 0.2) is 0 Å². The monoisotopic (exact) mass is 228 g/mol. The highest BCUT2D eigenvalue weighted by Gasteiger charge is 2.09. The lowest BCUT2D eigenvalue weighted by Gasteiger charge is -2.15. The number of unbranched alkanes of at least 4 members (excludes halogenated alkanes) is 4. The standard InChI is InChI=1S/C14H28O2/c1-4-6-7-8-9-11-14(10-5-2)12-16-13(3)15/h14H,4-12H2,1-3H3. The van der Waals surface area contributed by atoms with Gasteiger partial charge in [0.25, 0.3) is 0 Å². The van der Waals surface area contributed by atoms with Gasteiger partial charge in [-0.3, -0.25) is 4.79 Å². The summed E-state index contributed by atoms with van der Waals surface area (Å²) in [5.41, 5.74) is 0. The molecule has 0 aliphatic heterocycles. The van der Waals surface area contributed by atoms with Crippen molar-refractivity contribution in [2.75, 3.05) is 6.61 Å². The molecule has 0 amide bonds. The molecule has 1 atom stereocenters. The molecule has 0 radical (unpaired) electrons. The van der Waals surface area contributed by atoms with Crippen molar-refractivity contribution in [3.05, 3.63) is 0 Å². The third-order valence-corrected chi connectivity index (χ3v) is 2.94. The first-order valence-electron chi connectivity index (χ1n) is 6.84. The summed E-state index contributed by atoms with van der Waals surface area (Å²) in [6.07, 6.45) is 10.2. The van der Waals surface area contributed by atoms with Crippen molar-refractivity contribution in [2.45, 2.75) is 72.1 Å². The summed E-state index contributed by atoms with van der Waals surface area (Å²) in [4.78, 5) is 10.7. The molecule has 0 saturated carbocycles. The minimum Gasteiger partial charge on any atom is -0.466 e. The first-order valence-corrected chi connectivity index (χ1v) is 6.84. The van der Waals surface area contributed by atoms with Crippen LogP contribution in [-0.4, -0.2) is 12.6 Å². The van der Waals surface area contributed by atoms with Crippen LogP contribution in [-0.2, 0) is 9.53 Å². The molecule has 2 nitrogen and oxygen atoms in total. The van der Waals surface area contributed by atoms with Crippen molar-refractivity contribution in [1.82, 2.24) is 0 Å². The predicted octanol–water partition coefficient (Wildman–Crippen LogP) is 4.33. The molecule has 0 aromatic carbocycles. The second kappa shape index (κ2) is 11.0. The zero-order chi connectivity index (χ0) is 12.2. The zero-order valence-electron chi connectivity index (χ0n) is 11.3. The lowest BCUT2D eigenvalue weighted by Crippen LogP contribution is -2.12. The van der Waals surface area contributed by atoms with Gasteiger partial charge in [-0.05, 0) is 18.8 Å². The molecule has 0 rings (SSSR count). The van der Waals surface area contributed by atoms with Crippen molar-refractivity contribution >= 4 is 5.97 Å². The molecule has 0 aromatic rings. The summed E-state index contributed by atoms with van der Waals surface area (Å²) in [6.45, 7) is 6.54. The van der Waals surface area contributed by atoms with Crippen molar-refractivity contribution in [3.8, 4) is 0 Å². The van der Waals surface area contributed by atoms with Crippen molar-refractivity contribution < 1.29 is 9.53 Å². The first-order chi connectivity index (χ1) is 7.70. The predicted molar refractivity (Wildman–Crippen MR) is 68.4 cm³/mol. The van der Waals surface area contributed by atoms with Gasteiger partial charge in [0.05, 0.1) is 6.61 Å². The van der Waals surface area contributed by atoms with Gasteiger partial charge in [-0.15, -0.1) is 0 Å². The maximum absolute atomic E-state index is 10.7. The van der Waals surface area contributed by atoms with Gasteiger partial charge < -0.3 is 4.74 Å². The van der Waals surface area contributed by atoms with E-state index in [0.29, 0.717) is 12.5 Å². The number of hydrogen-bond donors (Lipinski definition) is 0. The van der Waals surface area contributed by atoms with Crippen LogP contribution < -0.4 is 0 Å². The molecule has 0 saturated heterocycles. The van der Waals surface area contributed by atoms with Crippen LogP contribution in [0.25, 0.3) is 0 Å². The number of carbonyl (C=O) groups excluding carboxylic acids is 1. The molecule has 0 aliphatic rings. The van der Waals surface area contributed by atoms with Crippen LogP contribution in [0.5, 0.6) is 0 Å². The Bertz CT molecular complexity index is 166. The maximum atomic E-state index is 10.7. The van der Waals surface area contributed by atoms with E-state index in [1.807, 2.05) is 0 Å². The summed E-state index contributed by atoms with van der Waals surface area (Å²) in [7, 11) is 0. The van der Waals surface area contributed by atoms with E-state index in [2.05, 4.69) is 13.8 Å². The van der Waals surface area contributed by atoms with Gasteiger partial charge in [0.1, 0.15) is 0 Å². The van der Waals surface area contributed by atoms with Crippen LogP contribution >= 0.6 is 0 Å². The molecule has 1 unspecified atom stereocenters. The van der Waals surface area contributed by atoms with Gasteiger partial charge in [-0.1, -0.05) is 52.4 Å². The first kappa shape index (κ1) is 15.5. The summed E-state index contributed by atoms with van der Waals surface area (Å²) in [5, 5.41) is 0. The summed E-state index contributed by atoms with van der Waals surface area (Å²) >= 11 is 0. The van der Waals surface area contributed by atoms with E-state index in [0.717, 1.165) is 0 Å². The third kappa shape index (κ3) is 10.0. The van der Waals surface area contributed by atoms with Gasteiger partial charge in [-0.2, -0.15) is 0 Å². The fourth-order valence-corrected chi connectivity index (χ4v) is 1.99. The Hall–Kier alpha value is -0.530. The second-order valence-electron chi connectivity index (χ2n) is 4.66. The average Bonchev–Trinajstić information content (AvgIpc) is 2.25. The molecule has 0 N–H and O–H groups in total. The number of hydrogen-bond acceptors (Lipinski definition) is 2. The van der Waals surface area contributed by atoms with Crippen LogP contribution in [0.4, 0.5) is 0 Å². The number of esters is 1. The van der Waals surface area contributed by atoms with E-state index in [1.165, 1.54) is 58.3 Å². The Balaban J connectivity index is 3.55. The maximum Gasteiger partial charge on any atom is 0.302 e. The molecule has 0 fully saturated rings. The zero-order valence-corrected chi connectivity index (χ0v) is 11.3. The smallest absolute Gasteiger partial charge is 0.302 e. The average molecular weight is 228 g/mol. The molecule has 0 aromatic heterocycles. The Morgan fingerprint density at radius 1 is 1.00 bits per heavy atom. The van der Waals surface area contributed by atoms with E-state index in [1.54, 1.807) is 0 Å². The summed E-state index contributed by atoms with van der Waals surface area (Å²) < 4.78 is 5.10. The van der Waals surface area contributed by atoms with E-state index in [-0.39, 0.29) is 5.97 Å². The van der Waals surface area contributed by atoms with Gasteiger partial charge in [0, 0.05) is 6.92 Å². The summed E-state index contributed by atoms with van der Waals surface area (Å²) in [5.74, 6) is 0.433. The molecule has 16 heavy (non-hydrogen) atoms. The van der Waals surface area contributed by atoms with Crippen LogP contribution in [0.2, 0.25) is 0 Å². The molecular weight excluding hydrogens is 200 g/mol. The van der Waals surface area contributed by atoms with Crippen molar-refractivity contribution in [1.29, 1.82) is 0 Å². The van der Waals surface area contributed by atoms with Crippen LogP contribution in [0, 0.1) is 5.92 Å². The minimum absolute atomic E-state index is 0.146. The van der Waals surface area contributed by atoms with Crippen molar-refractivity contribution in [3.63, 3.8) is 0 Å². The molecule has 0 bridgehead atoms. The molecule has 0 spiro atoms. The summed E-state index contributed by atoms with van der Waals surface area (Å²) in [6, 6.07) is 0. The number of rotatable bonds is 10. The highest BCUT2D eigenvalue weighted by Crippen LogP contribution is 2.17. The Labute approximate surface area is 101 Å². The van der Waals surface area contributed by atoms with E-state index >= 15 is 0 Å². The highest BCUT2D eigenvalue weighted by molar-refractivity contribution is 5.65. The lowest BCUT2D eigenvalue weighted by molar-refractivity contribution is -0.142. The van der Waals surface area contributed by atoms with E-state index in [4.69, 9.17) is 4.74 Å². The van der Waals surface area contributed by atoms with Crippen LogP contribution in [0.3, 0.4) is 0 Å². The second-order valence-corrected chi connectivity index (χ2v) is 4.66. The molecule has 2 heteroatoms. The Morgan fingerprint density at radius 2 is 1.69 bits per heavy atom. The fourth-order valence-electron chi connectivity index (χ4n) is 1.99. The van der Waals surface area contributed by atoms with Gasteiger partial charge in [0.2, 0.25) is 0 Å². The van der Waals surface area contributed by atoms with Gasteiger partial charge in [-0.25, -0.2) is 0 Å². The molecule has 96 valence electrons. The largest absolute Gasteiger partial charge is 0.466 e. The topological polar surface area (TPSA) is 26.3 Å². The minimum atomic E-state index is -0.146.